The van der Waals surface area contributed by atoms with E-state index in [2.05, 4.69) is 28.2 Å². The van der Waals surface area contributed by atoms with Gasteiger partial charge in [-0.15, -0.1) is 0 Å². The van der Waals surface area contributed by atoms with E-state index in [4.69, 9.17) is 9.47 Å². The van der Waals surface area contributed by atoms with Gasteiger partial charge in [0.25, 0.3) is 5.91 Å². The van der Waals surface area contributed by atoms with Crippen LogP contribution in [-0.2, 0) is 20.8 Å². The number of halogens is 1. The van der Waals surface area contributed by atoms with Crippen molar-refractivity contribution in [3.05, 3.63) is 94.7 Å². The Bertz CT molecular complexity index is 1190. The molecule has 1 N–H and O–H groups in total. The molecule has 1 heterocycles. The average Bonchev–Trinajstić information content (AvgIpc) is 2.89. The summed E-state index contributed by atoms with van der Waals surface area (Å²) in [6.45, 7) is 4.35. The first-order valence-electron chi connectivity index (χ1n) is 12.1. The average molecular weight is 569 g/mol. The van der Waals surface area contributed by atoms with Crippen LogP contribution in [-0.4, -0.2) is 37.7 Å². The van der Waals surface area contributed by atoms with Crippen LogP contribution in [0.4, 0.5) is 10.5 Å². The maximum absolute atomic E-state index is 13.5. The molecule has 9 heteroatoms. The minimum Gasteiger partial charge on any atom is -0.456 e. The predicted molar refractivity (Wildman–Crippen MR) is 143 cm³/mol. The Labute approximate surface area is 225 Å². The molecular weight excluding hydrogens is 538 g/mol. The number of carbonyl (C=O) groups is 3. The van der Waals surface area contributed by atoms with E-state index in [1.807, 2.05) is 77.6 Å². The third kappa shape index (κ3) is 8.71. The Hall–Kier alpha value is -3.72. The zero-order valence-corrected chi connectivity index (χ0v) is 22.5. The normalized spacial score (nSPS) is 11.3. The van der Waals surface area contributed by atoms with Crippen molar-refractivity contribution in [1.82, 2.24) is 5.32 Å². The summed E-state index contributed by atoms with van der Waals surface area (Å²) in [5.41, 5.74) is 1.97. The molecule has 0 bridgehead atoms. The molecule has 8 nitrogen and oxygen atoms in total. The van der Waals surface area contributed by atoms with Crippen LogP contribution in [0.3, 0.4) is 0 Å². The summed E-state index contributed by atoms with van der Waals surface area (Å²) in [4.78, 5) is 39.0. The number of alkyl carbamates (subject to hydrolysis) is 1. The number of hydrogen-bond donors (Lipinski definition) is 1. The van der Waals surface area contributed by atoms with Crippen molar-refractivity contribution in [2.75, 3.05) is 24.6 Å². The van der Waals surface area contributed by atoms with E-state index in [0.717, 1.165) is 23.0 Å². The zero-order valence-electron chi connectivity index (χ0n) is 20.9. The summed E-state index contributed by atoms with van der Waals surface area (Å²) in [6, 6.07) is 20.1. The monoisotopic (exact) mass is 568 g/mol. The highest BCUT2D eigenvalue weighted by atomic mass is 79.9. The second-order valence-electron chi connectivity index (χ2n) is 8.30. The van der Waals surface area contributed by atoms with Gasteiger partial charge in [0.1, 0.15) is 24.8 Å². The fourth-order valence-electron chi connectivity index (χ4n) is 3.77. The van der Waals surface area contributed by atoms with Gasteiger partial charge in [0.05, 0.1) is 17.6 Å². The van der Waals surface area contributed by atoms with E-state index in [1.165, 1.54) is 6.92 Å². The number of amides is 2. The van der Waals surface area contributed by atoms with E-state index in [1.54, 1.807) is 11.0 Å². The number of aromatic nitrogens is 1. The molecule has 37 heavy (non-hydrogen) atoms. The van der Waals surface area contributed by atoms with Gasteiger partial charge >= 0.3 is 12.1 Å². The number of aryl methyl sites for hydroxylation is 1. The highest BCUT2D eigenvalue weighted by molar-refractivity contribution is 9.10. The maximum Gasteiger partial charge on any atom is 0.407 e. The lowest BCUT2D eigenvalue weighted by Crippen LogP contribution is -2.39. The van der Waals surface area contributed by atoms with Gasteiger partial charge in [-0.3, -0.25) is 9.59 Å². The standard InChI is InChI=1S/C28H30BrN3O5/c1-3-14-31-19-23(17-24(29)20-31)27(34)32(25-12-8-5-9-13-25)15-16-36-28(35)30-18-26(37-21(2)33)22-10-6-4-7-11-22/h4-13,17,19-20,26H,3,14-16,18H2,1-2H3/p+1. The maximum atomic E-state index is 13.5. The van der Waals surface area contributed by atoms with Crippen molar-refractivity contribution in [2.45, 2.75) is 32.9 Å². The molecule has 2 aromatic carbocycles. The molecule has 0 saturated carbocycles. The largest absolute Gasteiger partial charge is 0.456 e. The Morgan fingerprint density at radius 1 is 1.03 bits per heavy atom. The van der Waals surface area contributed by atoms with E-state index in [-0.39, 0.29) is 25.6 Å². The lowest BCUT2D eigenvalue weighted by molar-refractivity contribution is -0.697. The van der Waals surface area contributed by atoms with Gasteiger partial charge in [0.2, 0.25) is 0 Å². The first-order valence-corrected chi connectivity index (χ1v) is 12.9. The summed E-state index contributed by atoms with van der Waals surface area (Å²) >= 11 is 3.49. The van der Waals surface area contributed by atoms with Crippen molar-refractivity contribution in [3.63, 3.8) is 0 Å². The van der Waals surface area contributed by atoms with Gasteiger partial charge in [-0.05, 0) is 39.7 Å². The Balaban J connectivity index is 1.64. The molecule has 0 aliphatic carbocycles. The number of nitrogens with zero attached hydrogens (tertiary/aromatic N) is 2. The molecule has 3 aromatic rings. The Kier molecular flexibility index (Phi) is 10.6. The molecule has 1 aromatic heterocycles. The lowest BCUT2D eigenvalue weighted by atomic mass is 10.1. The number of hydrogen-bond acceptors (Lipinski definition) is 5. The third-order valence-corrected chi connectivity index (χ3v) is 5.82. The molecule has 1 atom stereocenters. The van der Waals surface area contributed by atoms with Crippen LogP contribution >= 0.6 is 15.9 Å². The van der Waals surface area contributed by atoms with E-state index >= 15 is 0 Å². The summed E-state index contributed by atoms with van der Waals surface area (Å²) in [6.07, 6.45) is 3.37. The van der Waals surface area contributed by atoms with Crippen LogP contribution in [0.25, 0.3) is 0 Å². The van der Waals surface area contributed by atoms with Crippen molar-refractivity contribution >= 4 is 39.6 Å². The van der Waals surface area contributed by atoms with E-state index < -0.39 is 18.2 Å². The van der Waals surface area contributed by atoms with Gasteiger partial charge in [-0.2, -0.15) is 0 Å². The topological polar surface area (TPSA) is 88.8 Å². The molecule has 3 rings (SSSR count). The zero-order chi connectivity index (χ0) is 26.6. The Morgan fingerprint density at radius 2 is 1.70 bits per heavy atom. The Morgan fingerprint density at radius 3 is 2.35 bits per heavy atom. The highest BCUT2D eigenvalue weighted by Gasteiger charge is 2.22. The summed E-state index contributed by atoms with van der Waals surface area (Å²) in [7, 11) is 0. The number of para-hydroxylation sites is 1. The number of rotatable bonds is 11. The molecule has 0 radical (unpaired) electrons. The smallest absolute Gasteiger partial charge is 0.407 e. The van der Waals surface area contributed by atoms with Crippen molar-refractivity contribution in [2.24, 2.45) is 0 Å². The molecule has 194 valence electrons. The predicted octanol–water partition coefficient (Wildman–Crippen LogP) is 4.82. The summed E-state index contributed by atoms with van der Waals surface area (Å²) in [5, 5.41) is 2.64. The molecule has 0 spiro atoms. The summed E-state index contributed by atoms with van der Waals surface area (Å²) in [5.74, 6) is -0.658. The van der Waals surface area contributed by atoms with Gasteiger partial charge in [-0.25, -0.2) is 9.36 Å². The van der Waals surface area contributed by atoms with Crippen LogP contribution in [0.5, 0.6) is 0 Å². The van der Waals surface area contributed by atoms with E-state index in [9.17, 15) is 14.4 Å². The van der Waals surface area contributed by atoms with Crippen molar-refractivity contribution in [3.8, 4) is 0 Å². The molecule has 1 unspecified atom stereocenters. The molecule has 2 amide bonds. The lowest BCUT2D eigenvalue weighted by Gasteiger charge is -2.23. The van der Waals surface area contributed by atoms with Crippen LogP contribution < -0.4 is 14.8 Å². The summed E-state index contributed by atoms with van der Waals surface area (Å²) < 4.78 is 13.5. The number of pyridine rings is 1. The quantitative estimate of drug-likeness (QED) is 0.264. The number of benzene rings is 2. The van der Waals surface area contributed by atoms with Crippen LogP contribution in [0.15, 0.2) is 83.6 Å². The van der Waals surface area contributed by atoms with Crippen LogP contribution in [0, 0.1) is 0 Å². The molecule has 0 aliphatic heterocycles. The second-order valence-corrected chi connectivity index (χ2v) is 9.21. The molecule has 0 aliphatic rings. The molecular formula is C28H31BrN3O5+. The van der Waals surface area contributed by atoms with Crippen molar-refractivity contribution in [1.29, 1.82) is 0 Å². The third-order valence-electron chi connectivity index (χ3n) is 5.39. The number of carbonyl (C=O) groups excluding carboxylic acids is 3. The number of esters is 1. The van der Waals surface area contributed by atoms with E-state index in [0.29, 0.717) is 11.3 Å². The molecule has 0 fully saturated rings. The number of ether oxygens (including phenoxy) is 2. The molecule has 0 saturated heterocycles. The van der Waals surface area contributed by atoms with Crippen molar-refractivity contribution < 1.29 is 28.4 Å². The fraction of sp³-hybridized carbons (Fsp3) is 0.286. The first kappa shape index (κ1) is 27.9. The first-order chi connectivity index (χ1) is 17.9. The SMILES string of the molecule is CCC[n+]1cc(Br)cc(C(=O)N(CCOC(=O)NCC(OC(C)=O)c2ccccc2)c2ccccc2)c1. The van der Waals surface area contributed by atoms with Gasteiger partial charge in [0, 0.05) is 19.0 Å². The highest BCUT2D eigenvalue weighted by Crippen LogP contribution is 2.19. The second kappa shape index (κ2) is 14.1. The number of nitrogens with one attached hydrogen (secondary N) is 1. The fourth-order valence-corrected chi connectivity index (χ4v) is 4.28. The number of anilines is 1. The minimum absolute atomic E-state index is 0.0288. The van der Waals surface area contributed by atoms with Crippen LogP contribution in [0.1, 0.15) is 42.3 Å². The van der Waals surface area contributed by atoms with Crippen LogP contribution in [0.2, 0.25) is 0 Å². The van der Waals surface area contributed by atoms with Gasteiger partial charge in [-0.1, -0.05) is 55.5 Å². The minimum atomic E-state index is -0.670. The van der Waals surface area contributed by atoms with Gasteiger partial charge in [0.15, 0.2) is 12.4 Å². The van der Waals surface area contributed by atoms with Gasteiger partial charge < -0.3 is 19.7 Å².